The van der Waals surface area contributed by atoms with Gasteiger partial charge in [-0.15, -0.1) is 0 Å². The zero-order valence-corrected chi connectivity index (χ0v) is 14.0. The first-order chi connectivity index (χ1) is 10.1. The van der Waals surface area contributed by atoms with Gasteiger partial charge in [0.2, 0.25) is 0 Å². The molecule has 116 valence electrons. The molecule has 0 bridgehead atoms. The van der Waals surface area contributed by atoms with E-state index >= 15 is 0 Å². The molecule has 0 aliphatic heterocycles. The minimum Gasteiger partial charge on any atom is -0.309 e. The zero-order valence-electron chi connectivity index (χ0n) is 14.0. The lowest BCUT2D eigenvalue weighted by molar-refractivity contribution is 0.242. The van der Waals surface area contributed by atoms with Gasteiger partial charge in [-0.2, -0.15) is 0 Å². The number of benzene rings is 1. The van der Waals surface area contributed by atoms with E-state index in [4.69, 9.17) is 0 Å². The van der Waals surface area contributed by atoms with E-state index in [0.717, 1.165) is 11.8 Å². The molecule has 2 aliphatic carbocycles. The molecule has 1 nitrogen and oxygen atoms in total. The van der Waals surface area contributed by atoms with E-state index in [1.807, 2.05) is 0 Å². The van der Waals surface area contributed by atoms with Crippen LogP contribution in [0.1, 0.15) is 70.0 Å². The molecular weight excluding hydrogens is 254 g/mol. The first kappa shape index (κ1) is 15.1. The summed E-state index contributed by atoms with van der Waals surface area (Å²) in [5.74, 6) is 1.93. The van der Waals surface area contributed by atoms with E-state index in [9.17, 15) is 0 Å². The van der Waals surface area contributed by atoms with E-state index in [0.29, 0.717) is 11.5 Å². The molecule has 1 fully saturated rings. The van der Waals surface area contributed by atoms with Gasteiger partial charge in [-0.1, -0.05) is 70.7 Å². The number of fused-ring (bicyclic) bond motifs is 1. The van der Waals surface area contributed by atoms with Crippen LogP contribution in [0, 0.1) is 17.3 Å². The zero-order chi connectivity index (χ0) is 14.9. The fourth-order valence-corrected chi connectivity index (χ4v) is 4.43. The second kappa shape index (κ2) is 6.12. The summed E-state index contributed by atoms with van der Waals surface area (Å²) in [6, 6.07) is 9.54. The standard InChI is InChI=1S/C20H31N/c1-15-8-10-16(11-9-15)12-13-21-19-18-7-5-4-6-17(18)14-20(19,2)3/h4-7,15-16,19,21H,8-14H2,1-3H3. The summed E-state index contributed by atoms with van der Waals surface area (Å²) in [6.07, 6.45) is 8.37. The first-order valence-corrected chi connectivity index (χ1v) is 8.87. The SMILES string of the molecule is CC1CCC(CCNC2c3ccccc3CC2(C)C)CC1. The number of hydrogen-bond acceptors (Lipinski definition) is 1. The fraction of sp³-hybridized carbons (Fsp3) is 0.700. The maximum Gasteiger partial charge on any atom is 0.0377 e. The van der Waals surface area contributed by atoms with Crippen LogP contribution in [-0.4, -0.2) is 6.54 Å². The smallest absolute Gasteiger partial charge is 0.0377 e. The van der Waals surface area contributed by atoms with Crippen LogP contribution in [0.5, 0.6) is 0 Å². The minimum atomic E-state index is 0.352. The molecular formula is C20H31N. The lowest BCUT2D eigenvalue weighted by atomic mass is 9.81. The van der Waals surface area contributed by atoms with Gasteiger partial charge in [0.25, 0.3) is 0 Å². The monoisotopic (exact) mass is 285 g/mol. The summed E-state index contributed by atoms with van der Waals surface area (Å²) in [7, 11) is 0. The molecule has 0 saturated heterocycles. The van der Waals surface area contributed by atoms with Crippen LogP contribution in [0.3, 0.4) is 0 Å². The Labute approximate surface area is 130 Å². The Hall–Kier alpha value is -0.820. The maximum absolute atomic E-state index is 3.89. The molecule has 0 heterocycles. The largest absolute Gasteiger partial charge is 0.309 e. The van der Waals surface area contributed by atoms with Crippen LogP contribution in [0.4, 0.5) is 0 Å². The van der Waals surface area contributed by atoms with Gasteiger partial charge in [0.1, 0.15) is 0 Å². The summed E-state index contributed by atoms with van der Waals surface area (Å²) in [6.45, 7) is 8.41. The molecule has 1 N–H and O–H groups in total. The van der Waals surface area contributed by atoms with Crippen molar-refractivity contribution in [2.75, 3.05) is 6.54 Å². The Morgan fingerprint density at radius 2 is 1.81 bits per heavy atom. The van der Waals surface area contributed by atoms with Crippen molar-refractivity contribution in [1.29, 1.82) is 0 Å². The number of hydrogen-bond donors (Lipinski definition) is 1. The van der Waals surface area contributed by atoms with E-state index < -0.39 is 0 Å². The van der Waals surface area contributed by atoms with Crippen molar-refractivity contribution >= 4 is 0 Å². The van der Waals surface area contributed by atoms with Crippen LogP contribution >= 0.6 is 0 Å². The van der Waals surface area contributed by atoms with Crippen molar-refractivity contribution in [3.8, 4) is 0 Å². The molecule has 1 saturated carbocycles. The summed E-state index contributed by atoms with van der Waals surface area (Å²) in [5.41, 5.74) is 3.44. The van der Waals surface area contributed by atoms with Gasteiger partial charge < -0.3 is 5.32 Å². The third-order valence-electron chi connectivity index (χ3n) is 5.83. The van der Waals surface area contributed by atoms with Crippen molar-refractivity contribution in [2.45, 2.75) is 65.3 Å². The molecule has 2 aliphatic rings. The average molecular weight is 285 g/mol. The molecule has 1 aromatic rings. The average Bonchev–Trinajstić information content (AvgIpc) is 2.71. The topological polar surface area (TPSA) is 12.0 Å². The normalized spacial score (nSPS) is 31.1. The molecule has 1 aromatic carbocycles. The second-order valence-corrected chi connectivity index (χ2v) is 8.17. The Kier molecular flexibility index (Phi) is 4.40. The predicted molar refractivity (Wildman–Crippen MR) is 90.4 cm³/mol. The van der Waals surface area contributed by atoms with Gasteiger partial charge in [0.15, 0.2) is 0 Å². The van der Waals surface area contributed by atoms with Crippen LogP contribution in [0.15, 0.2) is 24.3 Å². The quantitative estimate of drug-likeness (QED) is 0.810. The number of rotatable bonds is 4. The Bertz CT molecular complexity index is 468. The van der Waals surface area contributed by atoms with E-state index in [1.165, 1.54) is 45.1 Å². The summed E-state index contributed by atoms with van der Waals surface area (Å²) in [4.78, 5) is 0. The van der Waals surface area contributed by atoms with Crippen LogP contribution in [0.2, 0.25) is 0 Å². The second-order valence-electron chi connectivity index (χ2n) is 8.17. The van der Waals surface area contributed by atoms with Crippen LogP contribution in [0.25, 0.3) is 0 Å². The highest BCUT2D eigenvalue weighted by atomic mass is 14.9. The predicted octanol–water partition coefficient (Wildman–Crippen LogP) is 5.12. The molecule has 1 unspecified atom stereocenters. The highest BCUT2D eigenvalue weighted by molar-refractivity contribution is 5.37. The molecule has 3 rings (SSSR count). The van der Waals surface area contributed by atoms with Crippen molar-refractivity contribution in [3.05, 3.63) is 35.4 Å². The van der Waals surface area contributed by atoms with Crippen LogP contribution in [-0.2, 0) is 6.42 Å². The van der Waals surface area contributed by atoms with E-state index in [-0.39, 0.29) is 0 Å². The van der Waals surface area contributed by atoms with Crippen molar-refractivity contribution in [1.82, 2.24) is 5.32 Å². The Morgan fingerprint density at radius 1 is 1.10 bits per heavy atom. The molecule has 0 spiro atoms. The third-order valence-corrected chi connectivity index (χ3v) is 5.83. The van der Waals surface area contributed by atoms with Crippen molar-refractivity contribution < 1.29 is 0 Å². The Morgan fingerprint density at radius 3 is 2.57 bits per heavy atom. The molecule has 1 atom stereocenters. The molecule has 0 amide bonds. The van der Waals surface area contributed by atoms with E-state index in [1.54, 1.807) is 11.1 Å². The maximum atomic E-state index is 3.89. The first-order valence-electron chi connectivity index (χ1n) is 8.87. The van der Waals surface area contributed by atoms with Crippen molar-refractivity contribution in [3.63, 3.8) is 0 Å². The molecule has 21 heavy (non-hydrogen) atoms. The van der Waals surface area contributed by atoms with Gasteiger partial charge in [0.05, 0.1) is 0 Å². The van der Waals surface area contributed by atoms with Crippen molar-refractivity contribution in [2.24, 2.45) is 17.3 Å². The summed E-state index contributed by atoms with van der Waals surface area (Å²) < 4.78 is 0. The fourth-order valence-electron chi connectivity index (χ4n) is 4.43. The van der Waals surface area contributed by atoms with Gasteiger partial charge in [-0.25, -0.2) is 0 Å². The van der Waals surface area contributed by atoms with Gasteiger partial charge in [-0.3, -0.25) is 0 Å². The van der Waals surface area contributed by atoms with E-state index in [2.05, 4.69) is 50.4 Å². The third kappa shape index (κ3) is 3.34. The number of nitrogens with one attached hydrogen (secondary N) is 1. The lowest BCUT2D eigenvalue weighted by Crippen LogP contribution is -2.32. The Balaban J connectivity index is 1.55. The molecule has 0 aromatic heterocycles. The summed E-state index contributed by atoms with van der Waals surface area (Å²) in [5, 5.41) is 3.89. The minimum absolute atomic E-state index is 0.352. The highest BCUT2D eigenvalue weighted by Crippen LogP contribution is 2.45. The molecule has 1 heteroatoms. The van der Waals surface area contributed by atoms with Crippen LogP contribution < -0.4 is 5.32 Å². The van der Waals surface area contributed by atoms with Gasteiger partial charge >= 0.3 is 0 Å². The van der Waals surface area contributed by atoms with Gasteiger partial charge in [-0.05, 0) is 47.8 Å². The van der Waals surface area contributed by atoms with Gasteiger partial charge in [0, 0.05) is 6.04 Å². The summed E-state index contributed by atoms with van der Waals surface area (Å²) >= 11 is 0. The lowest BCUT2D eigenvalue weighted by Gasteiger charge is -2.31. The molecule has 0 radical (unpaired) electrons. The highest BCUT2D eigenvalue weighted by Gasteiger charge is 2.38.